The summed E-state index contributed by atoms with van der Waals surface area (Å²) in [5.74, 6) is 0.453. The van der Waals surface area contributed by atoms with Crippen LogP contribution in [0.15, 0.2) is 54.6 Å². The minimum atomic E-state index is -0.542. The molecule has 0 spiro atoms. The first-order valence-electron chi connectivity index (χ1n) is 8.82. The average Bonchev–Trinajstić information content (AvgIpc) is 2.66. The predicted molar refractivity (Wildman–Crippen MR) is 101 cm³/mol. The normalized spacial score (nSPS) is 19.5. The van der Waals surface area contributed by atoms with E-state index in [0.717, 1.165) is 22.2 Å². The van der Waals surface area contributed by atoms with Crippen molar-refractivity contribution in [2.75, 3.05) is 7.11 Å². The van der Waals surface area contributed by atoms with Gasteiger partial charge in [0.25, 0.3) is 0 Å². The topological polar surface area (TPSA) is 48.4 Å². The molecule has 0 radical (unpaired) electrons. The van der Waals surface area contributed by atoms with Gasteiger partial charge in [0.15, 0.2) is 5.78 Å². The van der Waals surface area contributed by atoms with E-state index in [9.17, 15) is 4.79 Å². The van der Waals surface area contributed by atoms with Crippen molar-refractivity contribution >= 4 is 16.7 Å². The maximum Gasteiger partial charge on any atom is 0.210 e. The number of pyridine rings is 1. The summed E-state index contributed by atoms with van der Waals surface area (Å²) < 4.78 is 11.3. The molecule has 4 heteroatoms. The fourth-order valence-corrected chi connectivity index (χ4v) is 3.52. The molecule has 0 amide bonds. The molecular weight excluding hydrogens is 326 g/mol. The van der Waals surface area contributed by atoms with E-state index in [1.54, 1.807) is 7.11 Å². The zero-order valence-electron chi connectivity index (χ0n) is 15.1. The number of ether oxygens (including phenoxy) is 2. The van der Waals surface area contributed by atoms with E-state index in [2.05, 4.69) is 0 Å². The number of hydrogen-bond donors (Lipinski definition) is 0. The fourth-order valence-electron chi connectivity index (χ4n) is 3.52. The molecule has 0 N–H and O–H groups in total. The van der Waals surface area contributed by atoms with Crippen LogP contribution in [-0.2, 0) is 4.74 Å². The number of methoxy groups -OCH3 is 1. The summed E-state index contributed by atoms with van der Waals surface area (Å²) in [7, 11) is 1.58. The first-order chi connectivity index (χ1) is 12.6. The van der Waals surface area contributed by atoms with Gasteiger partial charge in [0.05, 0.1) is 22.7 Å². The van der Waals surface area contributed by atoms with Crippen molar-refractivity contribution in [2.45, 2.75) is 20.1 Å². The molecule has 0 bridgehead atoms. The summed E-state index contributed by atoms with van der Waals surface area (Å²) in [4.78, 5) is 17.8. The highest BCUT2D eigenvalue weighted by molar-refractivity contribution is 6.02. The van der Waals surface area contributed by atoms with E-state index in [4.69, 9.17) is 14.5 Å². The number of fused-ring (bicyclic) bond motifs is 2. The Labute approximate surface area is 152 Å². The Morgan fingerprint density at radius 3 is 2.65 bits per heavy atom. The highest BCUT2D eigenvalue weighted by Crippen LogP contribution is 2.37. The molecule has 4 nitrogen and oxygen atoms in total. The molecule has 0 saturated carbocycles. The lowest BCUT2D eigenvalue weighted by molar-refractivity contribution is -0.0981. The molecule has 1 aliphatic heterocycles. The monoisotopic (exact) mass is 347 g/mol. The average molecular weight is 347 g/mol. The molecule has 0 fully saturated rings. The second kappa shape index (κ2) is 6.54. The largest absolute Gasteiger partial charge is 0.463 e. The van der Waals surface area contributed by atoms with Gasteiger partial charge < -0.3 is 9.47 Å². The van der Waals surface area contributed by atoms with Crippen LogP contribution in [0.3, 0.4) is 0 Å². The lowest BCUT2D eigenvalue weighted by Gasteiger charge is -2.33. The van der Waals surface area contributed by atoms with Gasteiger partial charge in [-0.25, -0.2) is 4.98 Å². The Morgan fingerprint density at radius 1 is 1.08 bits per heavy atom. The van der Waals surface area contributed by atoms with Gasteiger partial charge in [-0.1, -0.05) is 38.1 Å². The van der Waals surface area contributed by atoms with Crippen LogP contribution in [0.4, 0.5) is 0 Å². The number of nitrogens with zero attached hydrogens (tertiary/aromatic N) is 1. The minimum absolute atomic E-state index is 0.0655. The standard InChI is InChI=1S/C22H21NO3/c1-13(2)20-21(24)16-12-15(9-11-19(16)26-22(20)25-3)18-10-8-14-6-4-5-7-17(14)23-18/h4-13,20,22H,1-3H3. The number of Topliss-reactive ketones (excluding diaryl/α,β-unsaturated/α-hetero) is 1. The number of para-hydroxylation sites is 1. The fraction of sp³-hybridized carbons (Fsp3) is 0.273. The van der Waals surface area contributed by atoms with Crippen molar-refractivity contribution < 1.29 is 14.3 Å². The van der Waals surface area contributed by atoms with Crippen molar-refractivity contribution in [2.24, 2.45) is 11.8 Å². The number of carbonyl (C=O) groups excluding carboxylic acids is 1. The molecule has 2 aromatic carbocycles. The number of ketones is 1. The number of aromatic nitrogens is 1. The van der Waals surface area contributed by atoms with Gasteiger partial charge in [0, 0.05) is 18.1 Å². The van der Waals surface area contributed by atoms with Gasteiger partial charge in [-0.05, 0) is 36.2 Å². The van der Waals surface area contributed by atoms with Crippen LogP contribution in [0, 0.1) is 11.8 Å². The summed E-state index contributed by atoms with van der Waals surface area (Å²) in [5, 5.41) is 1.09. The van der Waals surface area contributed by atoms with Gasteiger partial charge in [-0.3, -0.25) is 4.79 Å². The second-order valence-corrected chi connectivity index (χ2v) is 6.96. The molecule has 0 aliphatic carbocycles. The van der Waals surface area contributed by atoms with Crippen molar-refractivity contribution in [3.63, 3.8) is 0 Å². The van der Waals surface area contributed by atoms with Crippen LogP contribution < -0.4 is 4.74 Å². The maximum absolute atomic E-state index is 13.0. The second-order valence-electron chi connectivity index (χ2n) is 6.96. The Morgan fingerprint density at radius 2 is 1.88 bits per heavy atom. The van der Waals surface area contributed by atoms with E-state index in [1.807, 2.05) is 68.4 Å². The third kappa shape index (κ3) is 2.76. The van der Waals surface area contributed by atoms with Gasteiger partial charge in [0.1, 0.15) is 5.75 Å². The highest BCUT2D eigenvalue weighted by atomic mass is 16.7. The van der Waals surface area contributed by atoms with Gasteiger partial charge >= 0.3 is 0 Å². The molecule has 132 valence electrons. The van der Waals surface area contributed by atoms with E-state index >= 15 is 0 Å². The third-order valence-corrected chi connectivity index (χ3v) is 4.93. The van der Waals surface area contributed by atoms with Crippen LogP contribution in [0.2, 0.25) is 0 Å². The number of hydrogen-bond acceptors (Lipinski definition) is 4. The van der Waals surface area contributed by atoms with E-state index in [-0.39, 0.29) is 17.6 Å². The van der Waals surface area contributed by atoms with Crippen LogP contribution in [0.25, 0.3) is 22.2 Å². The summed E-state index contributed by atoms with van der Waals surface area (Å²) in [5.41, 5.74) is 3.29. The Balaban J connectivity index is 1.78. The maximum atomic E-state index is 13.0. The quantitative estimate of drug-likeness (QED) is 0.688. The summed E-state index contributed by atoms with van der Waals surface area (Å²) in [6.07, 6.45) is -0.542. The summed E-state index contributed by atoms with van der Waals surface area (Å²) in [6.45, 7) is 4.02. The lowest BCUT2D eigenvalue weighted by Crippen LogP contribution is -2.41. The SMILES string of the molecule is COC1Oc2ccc(-c3ccc4ccccc4n3)cc2C(=O)C1C(C)C. The summed E-state index contributed by atoms with van der Waals surface area (Å²) in [6, 6.07) is 17.7. The van der Waals surface area contributed by atoms with Crippen LogP contribution >= 0.6 is 0 Å². The third-order valence-electron chi connectivity index (χ3n) is 4.93. The van der Waals surface area contributed by atoms with Gasteiger partial charge in [-0.15, -0.1) is 0 Å². The van der Waals surface area contributed by atoms with Crippen LogP contribution in [-0.4, -0.2) is 24.2 Å². The Hall–Kier alpha value is -2.72. The molecule has 26 heavy (non-hydrogen) atoms. The molecule has 2 atom stereocenters. The van der Waals surface area contributed by atoms with Gasteiger partial charge in [0.2, 0.25) is 6.29 Å². The Bertz CT molecular complexity index is 980. The molecule has 2 unspecified atom stereocenters. The van der Waals surface area contributed by atoms with E-state index in [0.29, 0.717) is 11.3 Å². The molecular formula is C22H21NO3. The Kier molecular flexibility index (Phi) is 4.21. The molecule has 1 aliphatic rings. The van der Waals surface area contributed by atoms with Crippen molar-refractivity contribution in [1.29, 1.82) is 0 Å². The molecule has 1 aromatic heterocycles. The van der Waals surface area contributed by atoms with Crippen molar-refractivity contribution in [3.05, 3.63) is 60.2 Å². The van der Waals surface area contributed by atoms with E-state index < -0.39 is 6.29 Å². The number of carbonyl (C=O) groups is 1. The van der Waals surface area contributed by atoms with Crippen LogP contribution in [0.1, 0.15) is 24.2 Å². The van der Waals surface area contributed by atoms with Gasteiger partial charge in [-0.2, -0.15) is 0 Å². The lowest BCUT2D eigenvalue weighted by atomic mass is 9.84. The summed E-state index contributed by atoms with van der Waals surface area (Å²) >= 11 is 0. The predicted octanol–water partition coefficient (Wildman–Crippen LogP) is 4.72. The molecule has 3 aromatic rings. The van der Waals surface area contributed by atoms with Crippen molar-refractivity contribution in [1.82, 2.24) is 4.98 Å². The number of rotatable bonds is 3. The molecule has 0 saturated heterocycles. The smallest absolute Gasteiger partial charge is 0.210 e. The minimum Gasteiger partial charge on any atom is -0.463 e. The molecule has 2 heterocycles. The zero-order chi connectivity index (χ0) is 18.3. The van der Waals surface area contributed by atoms with Crippen molar-refractivity contribution in [3.8, 4) is 17.0 Å². The number of benzene rings is 2. The molecule has 4 rings (SSSR count). The van der Waals surface area contributed by atoms with E-state index in [1.165, 1.54) is 0 Å². The first-order valence-corrected chi connectivity index (χ1v) is 8.82. The first kappa shape index (κ1) is 16.7. The van der Waals surface area contributed by atoms with Crippen LogP contribution in [0.5, 0.6) is 5.75 Å². The highest BCUT2D eigenvalue weighted by Gasteiger charge is 2.39. The zero-order valence-corrected chi connectivity index (χ0v) is 15.1.